The molecule has 18 heavy (non-hydrogen) atoms. The molecule has 0 aliphatic rings. The lowest BCUT2D eigenvalue weighted by Gasteiger charge is -2.06. The number of para-hydroxylation sites is 1. The van der Waals surface area contributed by atoms with E-state index in [4.69, 9.17) is 10.5 Å². The molecule has 2 aromatic rings. The van der Waals surface area contributed by atoms with Crippen LogP contribution in [0.2, 0.25) is 0 Å². The molecule has 0 aliphatic heterocycles. The minimum absolute atomic E-state index is 0.480. The Morgan fingerprint density at radius 2 is 2.00 bits per heavy atom. The first-order valence-electron chi connectivity index (χ1n) is 6.15. The molecule has 0 saturated heterocycles. The van der Waals surface area contributed by atoms with E-state index in [9.17, 15) is 0 Å². The molecule has 0 saturated carbocycles. The van der Waals surface area contributed by atoms with Crippen LogP contribution < -0.4 is 10.5 Å². The highest BCUT2D eigenvalue weighted by Gasteiger charge is 2.00. The van der Waals surface area contributed by atoms with E-state index in [1.807, 2.05) is 35.0 Å². The van der Waals surface area contributed by atoms with Gasteiger partial charge < -0.3 is 10.5 Å². The van der Waals surface area contributed by atoms with Gasteiger partial charge in [-0.2, -0.15) is 0 Å². The van der Waals surface area contributed by atoms with E-state index >= 15 is 0 Å². The van der Waals surface area contributed by atoms with Crippen LogP contribution in [-0.4, -0.2) is 21.6 Å². The van der Waals surface area contributed by atoms with Gasteiger partial charge in [0.25, 0.3) is 0 Å². The van der Waals surface area contributed by atoms with Crippen LogP contribution in [0.5, 0.6) is 5.75 Å². The predicted molar refractivity (Wildman–Crippen MR) is 69.1 cm³/mol. The van der Waals surface area contributed by atoms with Gasteiger partial charge in [-0.1, -0.05) is 23.4 Å². The number of unbranched alkanes of at least 4 members (excludes halogenated alkanes) is 1. The Bertz CT molecular complexity index is 455. The van der Waals surface area contributed by atoms with Crippen LogP contribution in [0.3, 0.4) is 0 Å². The van der Waals surface area contributed by atoms with Crippen LogP contribution in [0, 0.1) is 0 Å². The summed E-state index contributed by atoms with van der Waals surface area (Å²) in [6.45, 7) is 2.04. The Balaban J connectivity index is 1.65. The largest absolute Gasteiger partial charge is 0.494 e. The number of aryl methyl sites for hydroxylation is 1. The zero-order valence-electron chi connectivity index (χ0n) is 10.3. The lowest BCUT2D eigenvalue weighted by molar-refractivity contribution is 0.301. The van der Waals surface area contributed by atoms with Gasteiger partial charge in [-0.15, -0.1) is 5.10 Å². The van der Waals surface area contributed by atoms with E-state index in [2.05, 4.69) is 10.3 Å². The Hall–Kier alpha value is -1.88. The predicted octanol–water partition coefficient (Wildman–Crippen LogP) is 1.60. The molecular formula is C13H18N4O. The highest BCUT2D eigenvalue weighted by molar-refractivity contribution is 5.20. The third-order valence-corrected chi connectivity index (χ3v) is 2.68. The van der Waals surface area contributed by atoms with Crippen molar-refractivity contribution in [1.82, 2.24) is 15.0 Å². The molecule has 0 radical (unpaired) electrons. The van der Waals surface area contributed by atoms with E-state index in [0.29, 0.717) is 6.54 Å². The maximum atomic E-state index is 5.61. The van der Waals surface area contributed by atoms with Crippen molar-refractivity contribution in [2.75, 3.05) is 6.61 Å². The van der Waals surface area contributed by atoms with E-state index in [0.717, 1.165) is 37.4 Å². The van der Waals surface area contributed by atoms with Crippen LogP contribution in [0.15, 0.2) is 36.5 Å². The average Bonchev–Trinajstić information content (AvgIpc) is 2.87. The average molecular weight is 246 g/mol. The number of ether oxygens (including phenoxy) is 1. The topological polar surface area (TPSA) is 66.0 Å². The van der Waals surface area contributed by atoms with Gasteiger partial charge in [-0.05, 0) is 25.0 Å². The zero-order valence-corrected chi connectivity index (χ0v) is 10.3. The van der Waals surface area contributed by atoms with Crippen molar-refractivity contribution >= 4 is 0 Å². The summed E-state index contributed by atoms with van der Waals surface area (Å²) in [5, 5.41) is 7.83. The fourth-order valence-electron chi connectivity index (χ4n) is 1.70. The maximum Gasteiger partial charge on any atom is 0.119 e. The monoisotopic (exact) mass is 246 g/mol. The molecule has 2 rings (SSSR count). The summed E-state index contributed by atoms with van der Waals surface area (Å²) in [5.41, 5.74) is 6.55. The fraction of sp³-hybridized carbons (Fsp3) is 0.385. The van der Waals surface area contributed by atoms with E-state index in [-0.39, 0.29) is 0 Å². The summed E-state index contributed by atoms with van der Waals surface area (Å²) in [4.78, 5) is 0. The smallest absolute Gasteiger partial charge is 0.119 e. The summed E-state index contributed by atoms with van der Waals surface area (Å²) < 4.78 is 7.46. The molecule has 0 spiro atoms. The highest BCUT2D eigenvalue weighted by atomic mass is 16.5. The fourth-order valence-corrected chi connectivity index (χ4v) is 1.70. The summed E-state index contributed by atoms with van der Waals surface area (Å²) >= 11 is 0. The first kappa shape index (κ1) is 12.6. The summed E-state index contributed by atoms with van der Waals surface area (Å²) in [7, 11) is 0. The van der Waals surface area contributed by atoms with Gasteiger partial charge in [0.15, 0.2) is 0 Å². The first-order valence-corrected chi connectivity index (χ1v) is 6.15. The van der Waals surface area contributed by atoms with Crippen LogP contribution >= 0.6 is 0 Å². The number of rotatable bonds is 7. The lowest BCUT2D eigenvalue weighted by atomic mass is 10.3. The van der Waals surface area contributed by atoms with Crippen LogP contribution in [0.4, 0.5) is 0 Å². The van der Waals surface area contributed by atoms with Crippen molar-refractivity contribution in [3.63, 3.8) is 0 Å². The van der Waals surface area contributed by atoms with E-state index in [1.165, 1.54) is 0 Å². The summed E-state index contributed by atoms with van der Waals surface area (Å²) in [6.07, 6.45) is 3.70. The van der Waals surface area contributed by atoms with Crippen LogP contribution in [0.25, 0.3) is 0 Å². The van der Waals surface area contributed by atoms with Gasteiger partial charge in [0.2, 0.25) is 0 Å². The first-order chi connectivity index (χ1) is 8.90. The Labute approximate surface area is 107 Å². The molecule has 0 atom stereocenters. The van der Waals surface area contributed by atoms with Crippen molar-refractivity contribution < 1.29 is 4.74 Å². The zero-order chi connectivity index (χ0) is 12.6. The lowest BCUT2D eigenvalue weighted by Crippen LogP contribution is -2.10. The number of nitrogens with zero attached hydrogens (tertiary/aromatic N) is 3. The number of hydrogen-bond donors (Lipinski definition) is 1. The molecule has 96 valence electrons. The van der Waals surface area contributed by atoms with Gasteiger partial charge in [0.1, 0.15) is 5.75 Å². The molecule has 1 heterocycles. The second-order valence-electron chi connectivity index (χ2n) is 4.02. The standard InChI is InChI=1S/C13H18N4O/c14-10-12-11-15-16-17(12)8-4-5-9-18-13-6-2-1-3-7-13/h1-3,6-7,11H,4-5,8-10,14H2. The van der Waals surface area contributed by atoms with E-state index < -0.39 is 0 Å². The molecule has 5 heteroatoms. The minimum atomic E-state index is 0.480. The van der Waals surface area contributed by atoms with Crippen molar-refractivity contribution in [2.45, 2.75) is 25.9 Å². The number of hydrogen-bond acceptors (Lipinski definition) is 4. The summed E-state index contributed by atoms with van der Waals surface area (Å²) in [6, 6.07) is 9.84. The van der Waals surface area contributed by atoms with Gasteiger partial charge in [-0.25, -0.2) is 4.68 Å². The van der Waals surface area contributed by atoms with Gasteiger partial charge in [-0.3, -0.25) is 0 Å². The molecule has 2 N–H and O–H groups in total. The van der Waals surface area contributed by atoms with Gasteiger partial charge in [0, 0.05) is 13.1 Å². The Morgan fingerprint density at radius 1 is 1.17 bits per heavy atom. The van der Waals surface area contributed by atoms with Gasteiger partial charge >= 0.3 is 0 Å². The molecule has 1 aromatic heterocycles. The Morgan fingerprint density at radius 3 is 2.78 bits per heavy atom. The second-order valence-corrected chi connectivity index (χ2v) is 4.02. The third kappa shape index (κ3) is 3.56. The van der Waals surface area contributed by atoms with Crippen LogP contribution in [-0.2, 0) is 13.1 Å². The van der Waals surface area contributed by atoms with Crippen molar-refractivity contribution in [3.05, 3.63) is 42.2 Å². The maximum absolute atomic E-state index is 5.61. The second kappa shape index (κ2) is 6.76. The summed E-state index contributed by atoms with van der Waals surface area (Å²) in [5.74, 6) is 0.918. The number of nitrogens with two attached hydrogens (primary N) is 1. The van der Waals surface area contributed by atoms with Crippen molar-refractivity contribution in [2.24, 2.45) is 5.73 Å². The molecule has 0 unspecified atom stereocenters. The minimum Gasteiger partial charge on any atom is -0.494 e. The Kier molecular flexibility index (Phi) is 4.72. The van der Waals surface area contributed by atoms with Gasteiger partial charge in [0.05, 0.1) is 18.5 Å². The molecule has 0 fully saturated rings. The van der Waals surface area contributed by atoms with Crippen LogP contribution in [0.1, 0.15) is 18.5 Å². The molecule has 1 aromatic carbocycles. The highest BCUT2D eigenvalue weighted by Crippen LogP contribution is 2.09. The van der Waals surface area contributed by atoms with Crippen molar-refractivity contribution in [1.29, 1.82) is 0 Å². The third-order valence-electron chi connectivity index (χ3n) is 2.68. The number of aromatic nitrogens is 3. The normalized spacial score (nSPS) is 10.5. The number of benzene rings is 1. The van der Waals surface area contributed by atoms with E-state index in [1.54, 1.807) is 6.20 Å². The molecule has 5 nitrogen and oxygen atoms in total. The quantitative estimate of drug-likeness (QED) is 0.753. The molecule has 0 bridgehead atoms. The SMILES string of the molecule is NCc1cnnn1CCCCOc1ccccc1. The van der Waals surface area contributed by atoms with Crippen molar-refractivity contribution in [3.8, 4) is 5.75 Å². The molecule has 0 amide bonds. The molecule has 0 aliphatic carbocycles. The molecular weight excluding hydrogens is 228 g/mol.